The Morgan fingerprint density at radius 2 is 1.92 bits per heavy atom. The molecule has 0 spiro atoms. The first-order chi connectivity index (χ1) is 12.5. The first-order valence-electron chi connectivity index (χ1n) is 8.07. The number of benzene rings is 2. The summed E-state index contributed by atoms with van der Waals surface area (Å²) in [6.07, 6.45) is -0.126. The molecule has 0 saturated carbocycles. The minimum Gasteiger partial charge on any atom is -0.497 e. The van der Waals surface area contributed by atoms with Gasteiger partial charge < -0.3 is 9.47 Å². The van der Waals surface area contributed by atoms with Gasteiger partial charge >= 0.3 is 6.01 Å². The van der Waals surface area contributed by atoms with Crippen molar-refractivity contribution in [3.63, 3.8) is 0 Å². The molecule has 1 heterocycles. The lowest BCUT2D eigenvalue weighted by molar-refractivity contribution is 0.0943. The maximum atomic E-state index is 13.0. The van der Waals surface area contributed by atoms with Crippen LogP contribution in [0.3, 0.4) is 0 Å². The van der Waals surface area contributed by atoms with Crippen molar-refractivity contribution in [3.05, 3.63) is 59.1 Å². The van der Waals surface area contributed by atoms with Gasteiger partial charge in [-0.25, -0.2) is 0 Å². The van der Waals surface area contributed by atoms with Crippen LogP contribution < -0.4 is 9.47 Å². The third kappa shape index (κ3) is 3.70. The van der Waals surface area contributed by atoms with Crippen molar-refractivity contribution in [1.29, 1.82) is 0 Å². The van der Waals surface area contributed by atoms with Crippen molar-refractivity contribution in [2.45, 2.75) is 20.0 Å². The molecular formula is C19H18ClN3O3. The van der Waals surface area contributed by atoms with Gasteiger partial charge in [0.05, 0.1) is 23.8 Å². The standard InChI is InChI=1S/C19H18ClN3O3/c1-12(2)26-19-21-17(13-7-6-8-14(11-13)25-3)23(22-19)18(24)15-9-4-5-10-16(15)20/h4-12H,1-3H3. The quantitative estimate of drug-likeness (QED) is 0.676. The molecule has 0 atom stereocenters. The number of methoxy groups -OCH3 is 1. The molecule has 0 saturated heterocycles. The van der Waals surface area contributed by atoms with Gasteiger partial charge in [0, 0.05) is 5.56 Å². The van der Waals surface area contributed by atoms with Gasteiger partial charge in [-0.05, 0) is 38.1 Å². The number of nitrogens with zero attached hydrogens (tertiary/aromatic N) is 3. The highest BCUT2D eigenvalue weighted by atomic mass is 35.5. The first kappa shape index (κ1) is 17.9. The molecule has 2 aromatic carbocycles. The smallest absolute Gasteiger partial charge is 0.336 e. The van der Waals surface area contributed by atoms with Crippen LogP contribution in [-0.4, -0.2) is 33.9 Å². The van der Waals surface area contributed by atoms with Crippen LogP contribution >= 0.6 is 11.6 Å². The highest BCUT2D eigenvalue weighted by Crippen LogP contribution is 2.26. The molecule has 0 N–H and O–H groups in total. The van der Waals surface area contributed by atoms with E-state index in [0.717, 1.165) is 0 Å². The van der Waals surface area contributed by atoms with Crippen LogP contribution in [-0.2, 0) is 0 Å². The second-order valence-corrected chi connectivity index (χ2v) is 6.22. The predicted molar refractivity (Wildman–Crippen MR) is 99.0 cm³/mol. The number of hydrogen-bond donors (Lipinski definition) is 0. The Labute approximate surface area is 156 Å². The maximum Gasteiger partial charge on any atom is 0.336 e. The molecule has 134 valence electrons. The van der Waals surface area contributed by atoms with Gasteiger partial charge in [0.25, 0.3) is 5.91 Å². The number of hydrogen-bond acceptors (Lipinski definition) is 5. The molecule has 3 aromatic rings. The molecule has 7 heteroatoms. The Kier molecular flexibility index (Phi) is 5.23. The lowest BCUT2D eigenvalue weighted by Gasteiger charge is -2.07. The Morgan fingerprint density at radius 1 is 1.15 bits per heavy atom. The third-order valence-electron chi connectivity index (χ3n) is 3.55. The highest BCUT2D eigenvalue weighted by Gasteiger charge is 2.22. The highest BCUT2D eigenvalue weighted by molar-refractivity contribution is 6.33. The summed E-state index contributed by atoms with van der Waals surface area (Å²) in [6.45, 7) is 3.73. The number of halogens is 1. The monoisotopic (exact) mass is 371 g/mol. The van der Waals surface area contributed by atoms with Crippen LogP contribution in [0.4, 0.5) is 0 Å². The maximum absolute atomic E-state index is 13.0. The molecule has 0 amide bonds. The number of ether oxygens (including phenoxy) is 2. The van der Waals surface area contributed by atoms with Crippen molar-refractivity contribution in [3.8, 4) is 23.1 Å². The SMILES string of the molecule is COc1cccc(-c2nc(OC(C)C)nn2C(=O)c2ccccc2Cl)c1. The van der Waals surface area contributed by atoms with Crippen molar-refractivity contribution >= 4 is 17.5 Å². The van der Waals surface area contributed by atoms with E-state index in [1.807, 2.05) is 32.0 Å². The van der Waals surface area contributed by atoms with E-state index in [1.54, 1.807) is 37.4 Å². The van der Waals surface area contributed by atoms with Crippen molar-refractivity contribution in [2.24, 2.45) is 0 Å². The van der Waals surface area contributed by atoms with E-state index >= 15 is 0 Å². The van der Waals surface area contributed by atoms with E-state index in [1.165, 1.54) is 4.68 Å². The zero-order valence-corrected chi connectivity index (χ0v) is 15.4. The second kappa shape index (κ2) is 7.58. The summed E-state index contributed by atoms with van der Waals surface area (Å²) in [6, 6.07) is 14.2. The van der Waals surface area contributed by atoms with E-state index in [0.29, 0.717) is 27.7 Å². The summed E-state index contributed by atoms with van der Waals surface area (Å²) in [7, 11) is 1.58. The van der Waals surface area contributed by atoms with Crippen LogP contribution in [0.15, 0.2) is 48.5 Å². The van der Waals surface area contributed by atoms with E-state index < -0.39 is 0 Å². The van der Waals surface area contributed by atoms with Crippen LogP contribution in [0, 0.1) is 0 Å². The fraction of sp³-hybridized carbons (Fsp3) is 0.211. The number of aromatic nitrogens is 3. The molecule has 0 aliphatic carbocycles. The number of carbonyl (C=O) groups excluding carboxylic acids is 1. The van der Waals surface area contributed by atoms with Gasteiger partial charge in [-0.2, -0.15) is 9.67 Å². The summed E-state index contributed by atoms with van der Waals surface area (Å²) >= 11 is 6.17. The zero-order valence-electron chi connectivity index (χ0n) is 14.6. The van der Waals surface area contributed by atoms with Gasteiger partial charge in [0.15, 0.2) is 5.82 Å². The molecule has 0 aliphatic heterocycles. The molecule has 3 rings (SSSR count). The summed E-state index contributed by atoms with van der Waals surface area (Å²) in [5.41, 5.74) is 1.01. The molecule has 0 unspecified atom stereocenters. The Balaban J connectivity index is 2.12. The average Bonchev–Trinajstić information content (AvgIpc) is 3.04. The largest absolute Gasteiger partial charge is 0.497 e. The summed E-state index contributed by atoms with van der Waals surface area (Å²) in [4.78, 5) is 17.4. The van der Waals surface area contributed by atoms with Crippen LogP contribution in [0.2, 0.25) is 5.02 Å². The molecular weight excluding hydrogens is 354 g/mol. The Hall–Kier alpha value is -2.86. The van der Waals surface area contributed by atoms with Gasteiger partial charge in [-0.1, -0.05) is 35.9 Å². The lowest BCUT2D eigenvalue weighted by atomic mass is 10.2. The topological polar surface area (TPSA) is 66.2 Å². The average molecular weight is 372 g/mol. The van der Waals surface area contributed by atoms with Crippen LogP contribution in [0.25, 0.3) is 11.4 Å². The van der Waals surface area contributed by atoms with E-state index in [4.69, 9.17) is 21.1 Å². The van der Waals surface area contributed by atoms with E-state index in [2.05, 4.69) is 10.1 Å². The Morgan fingerprint density at radius 3 is 2.62 bits per heavy atom. The van der Waals surface area contributed by atoms with Crippen molar-refractivity contribution < 1.29 is 14.3 Å². The van der Waals surface area contributed by atoms with E-state index in [9.17, 15) is 4.79 Å². The lowest BCUT2D eigenvalue weighted by Crippen LogP contribution is -2.16. The molecule has 0 aliphatic rings. The molecule has 0 bridgehead atoms. The molecule has 0 radical (unpaired) electrons. The fourth-order valence-corrected chi connectivity index (χ4v) is 2.61. The van der Waals surface area contributed by atoms with Gasteiger partial charge in [-0.3, -0.25) is 4.79 Å². The van der Waals surface area contributed by atoms with E-state index in [-0.39, 0.29) is 18.0 Å². The normalized spacial score (nSPS) is 10.8. The predicted octanol–water partition coefficient (Wildman–Crippen LogP) is 4.08. The minimum absolute atomic E-state index is 0.123. The molecule has 0 fully saturated rings. The molecule has 6 nitrogen and oxygen atoms in total. The molecule has 26 heavy (non-hydrogen) atoms. The Bertz CT molecular complexity index is 937. The van der Waals surface area contributed by atoms with Crippen LogP contribution in [0.1, 0.15) is 24.2 Å². The minimum atomic E-state index is -0.389. The van der Waals surface area contributed by atoms with Gasteiger partial charge in [0.2, 0.25) is 0 Å². The second-order valence-electron chi connectivity index (χ2n) is 5.81. The summed E-state index contributed by atoms with van der Waals surface area (Å²) < 4.78 is 12.0. The summed E-state index contributed by atoms with van der Waals surface area (Å²) in [5, 5.41) is 4.58. The van der Waals surface area contributed by atoms with Crippen LogP contribution in [0.5, 0.6) is 11.8 Å². The third-order valence-corrected chi connectivity index (χ3v) is 3.88. The first-order valence-corrected chi connectivity index (χ1v) is 8.44. The van der Waals surface area contributed by atoms with Crippen molar-refractivity contribution in [1.82, 2.24) is 14.8 Å². The van der Waals surface area contributed by atoms with Crippen molar-refractivity contribution in [2.75, 3.05) is 7.11 Å². The number of rotatable bonds is 5. The molecule has 1 aromatic heterocycles. The summed E-state index contributed by atoms with van der Waals surface area (Å²) in [5.74, 6) is 0.609. The van der Waals surface area contributed by atoms with Gasteiger partial charge in [0.1, 0.15) is 5.75 Å². The number of carbonyl (C=O) groups is 1. The fourth-order valence-electron chi connectivity index (χ4n) is 2.39. The zero-order chi connectivity index (χ0) is 18.7. The van der Waals surface area contributed by atoms with Gasteiger partial charge in [-0.15, -0.1) is 5.10 Å².